The minimum atomic E-state index is -0.943. The van der Waals surface area contributed by atoms with E-state index in [4.69, 9.17) is 14.6 Å². The number of carbonyl (C=O) groups is 2. The van der Waals surface area contributed by atoms with Crippen LogP contribution >= 0.6 is 0 Å². The molecule has 1 amide bonds. The number of ether oxygens (including phenoxy) is 2. The minimum absolute atomic E-state index is 0.115. The van der Waals surface area contributed by atoms with Crippen LogP contribution in [0.5, 0.6) is 11.5 Å². The molecule has 0 radical (unpaired) electrons. The molecule has 10 heteroatoms. The van der Waals surface area contributed by atoms with Gasteiger partial charge in [0.2, 0.25) is 0 Å². The van der Waals surface area contributed by atoms with Crippen LogP contribution in [0, 0.1) is 0 Å². The number of carboxylic acids is 1. The van der Waals surface area contributed by atoms with E-state index in [9.17, 15) is 9.59 Å². The van der Waals surface area contributed by atoms with E-state index in [1.807, 2.05) is 35.9 Å². The average Bonchev–Trinajstić information content (AvgIpc) is 3.48. The molecule has 3 aromatic rings. The number of benzene rings is 1. The van der Waals surface area contributed by atoms with Crippen LogP contribution in [0.25, 0.3) is 0 Å². The molecule has 0 aliphatic heterocycles. The van der Waals surface area contributed by atoms with Crippen molar-refractivity contribution in [2.75, 3.05) is 20.8 Å². The van der Waals surface area contributed by atoms with Gasteiger partial charge < -0.3 is 19.5 Å². The molecule has 3 rings (SSSR count). The molecule has 0 unspecified atom stereocenters. The molecule has 0 saturated heterocycles. The van der Waals surface area contributed by atoms with Crippen LogP contribution in [0.3, 0.4) is 0 Å². The molecule has 0 fully saturated rings. The van der Waals surface area contributed by atoms with Gasteiger partial charge in [-0.2, -0.15) is 10.2 Å². The number of hydrogen-bond acceptors (Lipinski definition) is 6. The number of aliphatic carboxylic acids is 1. The lowest BCUT2D eigenvalue weighted by Gasteiger charge is -2.24. The second-order valence-electron chi connectivity index (χ2n) is 7.39. The van der Waals surface area contributed by atoms with Crippen molar-refractivity contribution < 1.29 is 24.2 Å². The van der Waals surface area contributed by atoms with Crippen molar-refractivity contribution in [3.63, 3.8) is 0 Å². The highest BCUT2D eigenvalue weighted by molar-refractivity contribution is 5.92. The SMILES string of the molecule is CCn1nccc1CN(CCc1ccc(OC)c(OC)c1)C(=O)c1ccnn1CCC(=O)O. The van der Waals surface area contributed by atoms with E-state index in [0.29, 0.717) is 43.2 Å². The lowest BCUT2D eigenvalue weighted by Crippen LogP contribution is -2.35. The highest BCUT2D eigenvalue weighted by atomic mass is 16.5. The van der Waals surface area contributed by atoms with Gasteiger partial charge in [0.25, 0.3) is 5.91 Å². The first-order valence-electron chi connectivity index (χ1n) is 10.7. The van der Waals surface area contributed by atoms with E-state index in [1.165, 1.54) is 10.9 Å². The van der Waals surface area contributed by atoms with E-state index in [-0.39, 0.29) is 18.9 Å². The molecule has 176 valence electrons. The Morgan fingerprint density at radius 2 is 1.76 bits per heavy atom. The number of aryl methyl sites for hydroxylation is 2. The molecule has 1 N–H and O–H groups in total. The van der Waals surface area contributed by atoms with Crippen LogP contribution in [-0.4, -0.2) is 62.2 Å². The summed E-state index contributed by atoms with van der Waals surface area (Å²) in [6.45, 7) is 3.61. The summed E-state index contributed by atoms with van der Waals surface area (Å²) in [6.07, 6.45) is 3.71. The van der Waals surface area contributed by atoms with Gasteiger partial charge in [0.15, 0.2) is 11.5 Å². The first-order chi connectivity index (χ1) is 16.0. The van der Waals surface area contributed by atoms with Gasteiger partial charge in [0.1, 0.15) is 5.69 Å². The maximum Gasteiger partial charge on any atom is 0.305 e. The molecule has 2 heterocycles. The predicted molar refractivity (Wildman–Crippen MR) is 120 cm³/mol. The fraction of sp³-hybridized carbons (Fsp3) is 0.391. The quantitative estimate of drug-likeness (QED) is 0.446. The number of aromatic nitrogens is 4. The zero-order valence-corrected chi connectivity index (χ0v) is 19.1. The van der Waals surface area contributed by atoms with Crippen LogP contribution in [0.4, 0.5) is 0 Å². The van der Waals surface area contributed by atoms with Crippen molar-refractivity contribution in [2.45, 2.75) is 39.4 Å². The standard InChI is InChI=1S/C23H29N5O5/c1-4-27-18(7-11-24-27)16-26(13-9-17-5-6-20(32-2)21(15-17)33-3)23(31)19-8-12-25-28(19)14-10-22(29)30/h5-8,11-12,15H,4,9-10,13-14,16H2,1-3H3,(H,29,30). The maximum atomic E-state index is 13.5. The maximum absolute atomic E-state index is 13.5. The van der Waals surface area contributed by atoms with Gasteiger partial charge >= 0.3 is 5.97 Å². The highest BCUT2D eigenvalue weighted by Crippen LogP contribution is 2.28. The number of nitrogens with zero attached hydrogens (tertiary/aromatic N) is 5. The summed E-state index contributed by atoms with van der Waals surface area (Å²) in [5.74, 6) is 0.107. The van der Waals surface area contributed by atoms with Gasteiger partial charge in [-0.05, 0) is 43.2 Å². The van der Waals surface area contributed by atoms with Crippen LogP contribution in [-0.2, 0) is 30.8 Å². The Morgan fingerprint density at radius 1 is 1.03 bits per heavy atom. The second-order valence-corrected chi connectivity index (χ2v) is 7.39. The van der Waals surface area contributed by atoms with Crippen molar-refractivity contribution in [3.8, 4) is 11.5 Å². The highest BCUT2D eigenvalue weighted by Gasteiger charge is 2.22. The minimum Gasteiger partial charge on any atom is -0.493 e. The van der Waals surface area contributed by atoms with Gasteiger partial charge in [0, 0.05) is 25.5 Å². The molecule has 0 saturated carbocycles. The monoisotopic (exact) mass is 455 g/mol. The zero-order chi connectivity index (χ0) is 23.8. The first kappa shape index (κ1) is 23.8. The van der Waals surface area contributed by atoms with Crippen LogP contribution in [0.1, 0.15) is 35.1 Å². The smallest absolute Gasteiger partial charge is 0.305 e. The van der Waals surface area contributed by atoms with Crippen LogP contribution in [0.15, 0.2) is 42.7 Å². The predicted octanol–water partition coefficient (Wildman–Crippen LogP) is 2.48. The molecule has 33 heavy (non-hydrogen) atoms. The number of amides is 1. The molecule has 0 aliphatic carbocycles. The third kappa shape index (κ3) is 5.91. The van der Waals surface area contributed by atoms with Gasteiger partial charge in [-0.15, -0.1) is 0 Å². The molecule has 10 nitrogen and oxygen atoms in total. The molecule has 0 spiro atoms. The topological polar surface area (TPSA) is 112 Å². The van der Waals surface area contributed by atoms with Crippen LogP contribution in [0.2, 0.25) is 0 Å². The Hall–Kier alpha value is -3.82. The number of carboxylic acid groups (broad SMARTS) is 1. The summed E-state index contributed by atoms with van der Waals surface area (Å²) in [7, 11) is 3.17. The summed E-state index contributed by atoms with van der Waals surface area (Å²) in [4.78, 5) is 26.2. The number of carbonyl (C=O) groups excluding carboxylic acids is 1. The lowest BCUT2D eigenvalue weighted by molar-refractivity contribution is -0.137. The second kappa shape index (κ2) is 11.2. The number of hydrogen-bond donors (Lipinski definition) is 1. The van der Waals surface area contributed by atoms with Gasteiger partial charge in [-0.1, -0.05) is 6.07 Å². The van der Waals surface area contributed by atoms with Crippen molar-refractivity contribution in [1.82, 2.24) is 24.5 Å². The van der Waals surface area contributed by atoms with E-state index in [0.717, 1.165) is 11.3 Å². The molecular weight excluding hydrogens is 426 g/mol. The van der Waals surface area contributed by atoms with Crippen molar-refractivity contribution >= 4 is 11.9 Å². The van der Waals surface area contributed by atoms with E-state index in [2.05, 4.69) is 10.2 Å². The van der Waals surface area contributed by atoms with E-state index in [1.54, 1.807) is 31.4 Å². The zero-order valence-electron chi connectivity index (χ0n) is 19.1. The largest absolute Gasteiger partial charge is 0.493 e. The summed E-state index contributed by atoms with van der Waals surface area (Å²) in [5.41, 5.74) is 2.26. The normalized spacial score (nSPS) is 10.8. The Morgan fingerprint density at radius 3 is 2.45 bits per heavy atom. The van der Waals surface area contributed by atoms with Crippen molar-refractivity contribution in [1.29, 1.82) is 0 Å². The molecule has 1 aromatic carbocycles. The molecule has 2 aromatic heterocycles. The average molecular weight is 456 g/mol. The lowest BCUT2D eigenvalue weighted by atomic mass is 10.1. The van der Waals surface area contributed by atoms with Crippen molar-refractivity contribution in [3.05, 3.63) is 59.7 Å². The van der Waals surface area contributed by atoms with Gasteiger partial charge in [-0.3, -0.25) is 19.0 Å². The summed E-state index contributed by atoms with van der Waals surface area (Å²) in [5, 5.41) is 17.4. The van der Waals surface area contributed by atoms with Crippen LogP contribution < -0.4 is 9.47 Å². The number of rotatable bonds is 12. The molecule has 0 aliphatic rings. The Bertz CT molecular complexity index is 1090. The van der Waals surface area contributed by atoms with E-state index < -0.39 is 5.97 Å². The third-order valence-corrected chi connectivity index (χ3v) is 5.34. The van der Waals surface area contributed by atoms with Crippen molar-refractivity contribution in [2.24, 2.45) is 0 Å². The Balaban J connectivity index is 1.83. The van der Waals surface area contributed by atoms with Gasteiger partial charge in [-0.25, -0.2) is 0 Å². The third-order valence-electron chi connectivity index (χ3n) is 5.34. The first-order valence-corrected chi connectivity index (χ1v) is 10.7. The van der Waals surface area contributed by atoms with Gasteiger partial charge in [0.05, 0.1) is 39.4 Å². The number of methoxy groups -OCH3 is 2. The summed E-state index contributed by atoms with van der Waals surface area (Å²) in [6, 6.07) is 9.19. The summed E-state index contributed by atoms with van der Waals surface area (Å²) >= 11 is 0. The fourth-order valence-corrected chi connectivity index (χ4v) is 3.58. The van der Waals surface area contributed by atoms with E-state index >= 15 is 0 Å². The summed E-state index contributed by atoms with van der Waals surface area (Å²) < 4.78 is 14.0. The molecular formula is C23H29N5O5. The molecule has 0 atom stereocenters. The molecule has 0 bridgehead atoms. The Labute approximate surface area is 192 Å². The Kier molecular flexibility index (Phi) is 8.06. The fourth-order valence-electron chi connectivity index (χ4n) is 3.58.